The number of pyridine rings is 3. The lowest BCUT2D eigenvalue weighted by molar-refractivity contribution is 0.0342. The van der Waals surface area contributed by atoms with Gasteiger partial charge in [0.15, 0.2) is 0 Å². The van der Waals surface area contributed by atoms with Crippen LogP contribution in [0.15, 0.2) is 128 Å². The van der Waals surface area contributed by atoms with Gasteiger partial charge < -0.3 is 45.2 Å². The molecule has 0 unspecified atom stereocenters. The number of piperazine rings is 2. The molecular formula is C87H140N12O2. The number of likely N-dealkylation sites (N-methyl/N-ethyl adjacent to an activating group) is 1. The van der Waals surface area contributed by atoms with Gasteiger partial charge in [0.1, 0.15) is 17.5 Å². The quantitative estimate of drug-likeness (QED) is 0.121. The molecule has 0 aliphatic carbocycles. The van der Waals surface area contributed by atoms with E-state index in [9.17, 15) is 4.79 Å². The van der Waals surface area contributed by atoms with Crippen LogP contribution in [0.3, 0.4) is 0 Å². The van der Waals surface area contributed by atoms with Crippen molar-refractivity contribution < 1.29 is 9.53 Å². The van der Waals surface area contributed by atoms with E-state index in [1.807, 2.05) is 49.8 Å². The van der Waals surface area contributed by atoms with E-state index in [1.165, 1.54) is 103 Å². The largest absolute Gasteiger partial charge is 0.379 e. The number of likely N-dealkylation sites (tertiary alicyclic amines) is 1. The lowest BCUT2D eigenvalue weighted by Gasteiger charge is -2.33. The number of hydrogen-bond acceptors (Lipinski definition) is 13. The van der Waals surface area contributed by atoms with Crippen LogP contribution in [0.5, 0.6) is 0 Å². The summed E-state index contributed by atoms with van der Waals surface area (Å²) in [6.45, 7) is 61.2. The molecule has 0 atom stereocenters. The molecule has 8 heterocycles. The number of nitrogens with zero attached hydrogens (tertiary/aromatic N) is 9. The van der Waals surface area contributed by atoms with Gasteiger partial charge in [-0.2, -0.15) is 0 Å². The molecule has 5 aliphatic heterocycles. The molecule has 5 aliphatic rings. The lowest BCUT2D eigenvalue weighted by atomic mass is 9.86. The number of piperidine rings is 2. The molecule has 560 valence electrons. The van der Waals surface area contributed by atoms with Crippen LogP contribution >= 0.6 is 0 Å². The number of carbonyl (C=O) groups excluding carboxylic acids is 1. The summed E-state index contributed by atoms with van der Waals surface area (Å²) in [4.78, 5) is 39.8. The molecule has 0 spiro atoms. The fourth-order valence-electron chi connectivity index (χ4n) is 12.2. The molecule has 3 aromatic carbocycles. The Morgan fingerprint density at radius 2 is 0.861 bits per heavy atom. The summed E-state index contributed by atoms with van der Waals surface area (Å²) in [7, 11) is 4.36. The van der Waals surface area contributed by atoms with Crippen molar-refractivity contribution in [3.63, 3.8) is 0 Å². The molecule has 3 N–H and O–H groups in total. The van der Waals surface area contributed by atoms with Crippen LogP contribution in [0.1, 0.15) is 227 Å². The van der Waals surface area contributed by atoms with Crippen LogP contribution in [0, 0.1) is 0 Å². The third-order valence-corrected chi connectivity index (χ3v) is 19.5. The number of nitrogens with one attached hydrogen (secondary N) is 3. The molecule has 5 fully saturated rings. The second kappa shape index (κ2) is 40.0. The van der Waals surface area contributed by atoms with Gasteiger partial charge in [-0.25, -0.2) is 15.0 Å². The molecular weight excluding hydrogens is 1250 g/mol. The topological polar surface area (TPSA) is 120 Å². The van der Waals surface area contributed by atoms with Crippen molar-refractivity contribution in [2.24, 2.45) is 0 Å². The third-order valence-electron chi connectivity index (χ3n) is 19.5. The minimum absolute atomic E-state index is 0. The summed E-state index contributed by atoms with van der Waals surface area (Å²) >= 11 is 0. The van der Waals surface area contributed by atoms with Gasteiger partial charge in [-0.05, 0) is 180 Å². The monoisotopic (exact) mass is 1390 g/mol. The van der Waals surface area contributed by atoms with Crippen molar-refractivity contribution in [2.75, 3.05) is 145 Å². The number of aromatic nitrogens is 3. The van der Waals surface area contributed by atoms with E-state index < -0.39 is 0 Å². The average molecular weight is 1390 g/mol. The molecule has 0 saturated carbocycles. The van der Waals surface area contributed by atoms with Crippen LogP contribution in [0.25, 0.3) is 0 Å². The number of morpholine rings is 1. The number of hydrogen-bond donors (Lipinski definition) is 3. The van der Waals surface area contributed by atoms with Crippen LogP contribution in [0.4, 0.5) is 23.1 Å². The number of carbonyl (C=O) groups is 1. The fourth-order valence-corrected chi connectivity index (χ4v) is 12.2. The van der Waals surface area contributed by atoms with Gasteiger partial charge in [-0.1, -0.05) is 206 Å². The summed E-state index contributed by atoms with van der Waals surface area (Å²) in [5.74, 6) is 3.25. The van der Waals surface area contributed by atoms with Gasteiger partial charge in [0.25, 0.3) is 5.91 Å². The summed E-state index contributed by atoms with van der Waals surface area (Å²) < 4.78 is 5.36. The number of benzene rings is 3. The van der Waals surface area contributed by atoms with Gasteiger partial charge in [0.05, 0.1) is 13.2 Å². The molecule has 0 bridgehead atoms. The molecule has 14 nitrogen and oxygen atoms in total. The Balaban J connectivity index is 0.000000218. The average Bonchev–Trinajstić information content (AvgIpc) is 0.877. The summed E-state index contributed by atoms with van der Waals surface area (Å²) in [5.41, 5.74) is 12.7. The van der Waals surface area contributed by atoms with Crippen molar-refractivity contribution in [3.8, 4) is 0 Å². The second-order valence-electron chi connectivity index (χ2n) is 34.5. The minimum Gasteiger partial charge on any atom is -0.379 e. The minimum atomic E-state index is 0. The van der Waals surface area contributed by atoms with Crippen LogP contribution < -0.4 is 30.7 Å². The smallest absolute Gasteiger partial charge is 0.251 e. The van der Waals surface area contributed by atoms with E-state index in [-0.39, 0.29) is 45.8 Å². The molecule has 3 aromatic heterocycles. The fraction of sp³-hybridized carbons (Fsp3) is 0.609. The molecule has 14 heteroatoms. The number of amides is 1. The first kappa shape index (κ1) is 85.2. The van der Waals surface area contributed by atoms with Gasteiger partial charge in [-0.3, -0.25) is 9.69 Å². The highest BCUT2D eigenvalue weighted by molar-refractivity contribution is 5.94. The number of anilines is 4. The maximum atomic E-state index is 11.7. The zero-order chi connectivity index (χ0) is 73.3. The zero-order valence-corrected chi connectivity index (χ0v) is 66.5. The maximum absolute atomic E-state index is 11.7. The summed E-state index contributed by atoms with van der Waals surface area (Å²) in [5, 5.41) is 9.76. The van der Waals surface area contributed by atoms with E-state index in [4.69, 9.17) is 4.74 Å². The van der Waals surface area contributed by atoms with E-state index in [0.29, 0.717) is 6.04 Å². The Hall–Kier alpha value is -6.42. The van der Waals surface area contributed by atoms with Gasteiger partial charge >= 0.3 is 0 Å². The van der Waals surface area contributed by atoms with Crippen molar-refractivity contribution >= 4 is 29.0 Å². The van der Waals surface area contributed by atoms with E-state index >= 15 is 0 Å². The molecule has 11 rings (SSSR count). The highest BCUT2D eigenvalue weighted by Gasteiger charge is 2.23. The van der Waals surface area contributed by atoms with Crippen molar-refractivity contribution in [2.45, 2.75) is 223 Å². The number of ether oxygens (including phenoxy) is 1. The third kappa shape index (κ3) is 30.1. The normalized spacial score (nSPS) is 16.9. The highest BCUT2D eigenvalue weighted by atomic mass is 16.5. The molecule has 5 saturated heterocycles. The predicted molar refractivity (Wildman–Crippen MR) is 435 cm³/mol. The highest BCUT2D eigenvalue weighted by Crippen LogP contribution is 2.30. The molecule has 1 amide bonds. The second-order valence-corrected chi connectivity index (χ2v) is 34.5. The molecule has 101 heavy (non-hydrogen) atoms. The van der Waals surface area contributed by atoms with Gasteiger partial charge in [-0.15, -0.1) is 0 Å². The van der Waals surface area contributed by atoms with E-state index in [2.05, 4.69) is 284 Å². The van der Waals surface area contributed by atoms with Crippen LogP contribution in [0.2, 0.25) is 0 Å². The Labute approximate surface area is 616 Å². The maximum Gasteiger partial charge on any atom is 0.251 e. The molecule has 6 aromatic rings. The predicted octanol–water partition coefficient (Wildman–Crippen LogP) is 17.4. The SMILES string of the molecule is C.CC(C)(C)c1ccc(CN2CCOCC2)cc1.CC(C)(C)c1ccc(N2CCCCC2)cc1.CC(C)(C)c1ccc(N2CCNCC2)nc1.CCCNC(=O)c1ccc(C(C)(C)C)cc1.CN1CCC(Nc2ccc(C(C)(C)C)cn2)CC1.CN1CCN(c2ccc(C(C)(C)C)cn2)CC1. The Bertz CT molecular complexity index is 3150. The lowest BCUT2D eigenvalue weighted by Crippen LogP contribution is -2.44. The van der Waals surface area contributed by atoms with Crippen LogP contribution in [-0.2, 0) is 43.8 Å². The summed E-state index contributed by atoms with van der Waals surface area (Å²) in [6, 6.07) is 39.6. The van der Waals surface area contributed by atoms with E-state index in [1.54, 1.807) is 0 Å². The number of rotatable bonds is 10. The van der Waals surface area contributed by atoms with E-state index in [0.717, 1.165) is 121 Å². The van der Waals surface area contributed by atoms with Crippen molar-refractivity contribution in [1.82, 2.24) is 40.3 Å². The van der Waals surface area contributed by atoms with Crippen LogP contribution in [-0.4, -0.2) is 167 Å². The van der Waals surface area contributed by atoms with Gasteiger partial charge in [0.2, 0.25) is 0 Å². The van der Waals surface area contributed by atoms with Crippen molar-refractivity contribution in [3.05, 3.63) is 172 Å². The first-order valence-electron chi connectivity index (χ1n) is 37.9. The Morgan fingerprint density at radius 3 is 1.28 bits per heavy atom. The Morgan fingerprint density at radius 1 is 0.455 bits per heavy atom. The zero-order valence-electron chi connectivity index (χ0n) is 66.5. The first-order valence-corrected chi connectivity index (χ1v) is 37.9. The van der Waals surface area contributed by atoms with Gasteiger partial charge in [0, 0.05) is 128 Å². The standard InChI is InChI=1S/C15H25N3.C15H23NO.C15H23N.C14H23N3.C14H21NO.C13H21N3.CH4/c1-15(2,3)12-5-6-14(16-11-12)17-13-7-9-18(4)10-8-13;1-15(2,3)14-6-4-13(5-7-14)12-16-8-10-17-11-9-16;1-15(2,3)13-7-9-14(10-8-13)16-11-5-4-6-12-16;1-14(2,3)12-5-6-13(15-11-12)17-9-7-16(4)8-10-17;1-5-10-15-13(16)11-6-8-12(9-7-11)14(2,3)4;1-13(2,3)11-4-5-12(15-10-11)16-8-6-14-7-9-16;/h5-6,11,13H,7-10H2,1-4H3,(H,16,17);4-7H,8-12H2,1-3H3;7-10H,4-6,11-12H2,1-3H3;5-6,11H,7-10H2,1-4H3;6-9H,5,10H2,1-4H3,(H,15,16);4-5,10,14H,6-9H2,1-3H3;1H4. The summed E-state index contributed by atoms with van der Waals surface area (Å²) in [6.07, 6.45) is 13.5. The first-order chi connectivity index (χ1) is 47.1. The molecule has 0 radical (unpaired) electrons. The van der Waals surface area contributed by atoms with Crippen molar-refractivity contribution in [1.29, 1.82) is 0 Å². The Kier molecular flexibility index (Phi) is 33.8.